The quantitative estimate of drug-likeness (QED) is 0.460. The van der Waals surface area contributed by atoms with Crippen molar-refractivity contribution in [3.8, 4) is 0 Å². The molecule has 5 N–H and O–H groups in total. The number of fused-ring (bicyclic) bond motifs is 3. The summed E-state index contributed by atoms with van der Waals surface area (Å²) in [6.07, 6.45) is 4.56. The molecule has 0 radical (unpaired) electrons. The van der Waals surface area contributed by atoms with E-state index < -0.39 is 12.1 Å². The Bertz CT molecular complexity index is 859. The third-order valence-corrected chi connectivity index (χ3v) is 10.4. The molecule has 8 heteroatoms. The second-order valence-electron chi connectivity index (χ2n) is 11.9. The van der Waals surface area contributed by atoms with Crippen molar-refractivity contribution in [1.82, 2.24) is 10.7 Å². The van der Waals surface area contributed by atoms with Gasteiger partial charge in [-0.1, -0.05) is 27.7 Å². The van der Waals surface area contributed by atoms with Gasteiger partial charge in [0.1, 0.15) is 0 Å². The van der Waals surface area contributed by atoms with Crippen LogP contribution in [0.4, 0.5) is 4.79 Å². The number of carbonyl (C=O) groups is 2. The molecule has 1 spiro atoms. The summed E-state index contributed by atoms with van der Waals surface area (Å²) in [6.45, 7) is 9.78. The maximum absolute atomic E-state index is 12.4. The number of nitrogens with two attached hydrogens (primary N) is 1. The predicted molar refractivity (Wildman–Crippen MR) is 119 cm³/mol. The predicted octanol–water partition coefficient (Wildman–Crippen LogP) is 2.15. The summed E-state index contributed by atoms with van der Waals surface area (Å²) < 4.78 is 7.28. The molecule has 178 valence electrons. The van der Waals surface area contributed by atoms with Gasteiger partial charge in [-0.25, -0.2) is 10.2 Å². The highest BCUT2D eigenvalue weighted by Crippen LogP contribution is 2.68. The molecule has 2 heterocycles. The molecule has 8 nitrogen and oxygen atoms in total. The number of urea groups is 1. The lowest BCUT2D eigenvalue weighted by atomic mass is 9.42. The molecule has 9 atom stereocenters. The number of hydrogen-bond acceptors (Lipinski definition) is 5. The van der Waals surface area contributed by atoms with Crippen LogP contribution in [0.25, 0.3) is 0 Å². The minimum Gasteiger partial charge on any atom is -0.393 e. The number of aliphatic hydroxyl groups excluding tert-OH is 1. The van der Waals surface area contributed by atoms with Crippen LogP contribution in [-0.2, 0) is 9.53 Å². The van der Waals surface area contributed by atoms with Gasteiger partial charge in [-0.3, -0.25) is 4.79 Å². The number of amides is 3. The van der Waals surface area contributed by atoms with Gasteiger partial charge >= 0.3 is 6.03 Å². The molecular formula is C24H38N4O4. The van der Waals surface area contributed by atoms with Crippen molar-refractivity contribution in [3.63, 3.8) is 0 Å². The van der Waals surface area contributed by atoms with Gasteiger partial charge in [0.05, 0.1) is 17.8 Å². The molecule has 2 aliphatic heterocycles. The van der Waals surface area contributed by atoms with Crippen molar-refractivity contribution in [3.05, 3.63) is 0 Å². The van der Waals surface area contributed by atoms with Crippen LogP contribution in [0, 0.1) is 40.4 Å². The van der Waals surface area contributed by atoms with Gasteiger partial charge in [-0.05, 0) is 55.8 Å². The van der Waals surface area contributed by atoms with E-state index in [4.69, 9.17) is 10.5 Å². The maximum Gasteiger partial charge on any atom is 0.332 e. The van der Waals surface area contributed by atoms with E-state index in [0.29, 0.717) is 18.9 Å². The van der Waals surface area contributed by atoms with Crippen LogP contribution in [0.3, 0.4) is 0 Å². The van der Waals surface area contributed by atoms with Crippen LogP contribution >= 0.6 is 0 Å². The second kappa shape index (κ2) is 7.16. The maximum atomic E-state index is 12.4. The Labute approximate surface area is 190 Å². The molecule has 0 aromatic carbocycles. The largest absolute Gasteiger partial charge is 0.393 e. The number of rotatable bonds is 1. The molecule has 5 fully saturated rings. The molecule has 0 aromatic heterocycles. The molecule has 5 aliphatic rings. The molecule has 3 aliphatic carbocycles. The minimum atomic E-state index is -0.645. The Kier molecular flexibility index (Phi) is 4.95. The van der Waals surface area contributed by atoms with Crippen molar-refractivity contribution in [2.75, 3.05) is 6.54 Å². The van der Waals surface area contributed by atoms with Gasteiger partial charge < -0.3 is 20.9 Å². The second-order valence-corrected chi connectivity index (χ2v) is 11.9. The first-order valence-corrected chi connectivity index (χ1v) is 12.3. The summed E-state index contributed by atoms with van der Waals surface area (Å²) in [5.74, 6) is 0.817. The van der Waals surface area contributed by atoms with E-state index >= 15 is 0 Å². The molecule has 9 unspecified atom stereocenters. The Balaban J connectivity index is 1.55. The molecule has 32 heavy (non-hydrogen) atoms. The number of carbonyl (C=O) groups excluding carboxylic acids is 2. The van der Waals surface area contributed by atoms with Crippen molar-refractivity contribution in [2.24, 2.45) is 51.3 Å². The molecular weight excluding hydrogens is 408 g/mol. The number of ether oxygens (including phenoxy) is 1. The number of hydrogen-bond donors (Lipinski definition) is 4. The van der Waals surface area contributed by atoms with E-state index in [1.165, 1.54) is 0 Å². The molecule has 0 aromatic rings. The van der Waals surface area contributed by atoms with E-state index in [0.717, 1.165) is 37.8 Å². The third kappa shape index (κ3) is 2.84. The molecule has 3 saturated carbocycles. The lowest BCUT2D eigenvalue weighted by Gasteiger charge is -2.70. The number of hydrazone groups is 1. The Hall–Kier alpha value is -1.67. The Morgan fingerprint density at radius 3 is 2.75 bits per heavy atom. The fraction of sp³-hybridized carbons (Fsp3) is 0.875. The first kappa shape index (κ1) is 22.1. The normalized spacial score (nSPS) is 50.5. The van der Waals surface area contributed by atoms with Crippen molar-refractivity contribution < 1.29 is 19.4 Å². The summed E-state index contributed by atoms with van der Waals surface area (Å²) in [6, 6.07) is -0.645. The van der Waals surface area contributed by atoms with Crippen LogP contribution in [-0.4, -0.2) is 47.1 Å². The van der Waals surface area contributed by atoms with Crippen molar-refractivity contribution >= 4 is 17.6 Å². The van der Waals surface area contributed by atoms with Crippen LogP contribution in [0.15, 0.2) is 5.10 Å². The highest BCUT2D eigenvalue weighted by atomic mass is 16.5. The first-order valence-electron chi connectivity index (χ1n) is 12.3. The van der Waals surface area contributed by atoms with Gasteiger partial charge in [-0.15, -0.1) is 0 Å². The zero-order valence-electron chi connectivity index (χ0n) is 19.7. The van der Waals surface area contributed by atoms with Crippen molar-refractivity contribution in [2.45, 2.75) is 84.0 Å². The molecule has 2 saturated heterocycles. The molecule has 0 bridgehead atoms. The van der Waals surface area contributed by atoms with Crippen LogP contribution in [0.1, 0.15) is 66.2 Å². The van der Waals surface area contributed by atoms with Gasteiger partial charge in [0.15, 0.2) is 0 Å². The van der Waals surface area contributed by atoms with Crippen LogP contribution in [0.5, 0.6) is 0 Å². The topological polar surface area (TPSA) is 126 Å². The van der Waals surface area contributed by atoms with E-state index in [-0.39, 0.29) is 52.1 Å². The lowest BCUT2D eigenvalue weighted by Crippen LogP contribution is -2.72. The molecule has 3 amide bonds. The van der Waals surface area contributed by atoms with E-state index in [1.54, 1.807) is 0 Å². The monoisotopic (exact) mass is 446 g/mol. The van der Waals surface area contributed by atoms with Gasteiger partial charge in [0.25, 0.3) is 0 Å². The smallest absolute Gasteiger partial charge is 0.332 e. The zero-order chi connectivity index (χ0) is 23.1. The van der Waals surface area contributed by atoms with Gasteiger partial charge in [0, 0.05) is 35.4 Å². The Morgan fingerprint density at radius 2 is 2.03 bits per heavy atom. The number of primary amides is 1. The van der Waals surface area contributed by atoms with Gasteiger partial charge in [0.2, 0.25) is 5.91 Å². The summed E-state index contributed by atoms with van der Waals surface area (Å²) in [4.78, 5) is 23.7. The third-order valence-electron chi connectivity index (χ3n) is 10.4. The SMILES string of the molecule is CC1CCC2C(C)(C)C(=NNC(N)=O)CCC23OC2C(CC13C)C(O)CC1C(=O)NCC12. The number of nitrogens with one attached hydrogen (secondary N) is 2. The minimum absolute atomic E-state index is 0.0615. The summed E-state index contributed by atoms with van der Waals surface area (Å²) in [5.41, 5.74) is 8.03. The van der Waals surface area contributed by atoms with Crippen LogP contribution in [0.2, 0.25) is 0 Å². The lowest BCUT2D eigenvalue weighted by molar-refractivity contribution is -0.318. The number of nitrogens with zero attached hydrogens (tertiary/aromatic N) is 1. The number of aliphatic hydroxyl groups is 1. The highest BCUT2D eigenvalue weighted by Gasteiger charge is 2.70. The summed E-state index contributed by atoms with van der Waals surface area (Å²) in [7, 11) is 0. The molecule has 5 rings (SSSR count). The zero-order valence-corrected chi connectivity index (χ0v) is 19.7. The standard InChI is InChI=1S/C24H38N4O4/c1-12-5-6-17-22(2,3)18(27-28-21(25)31)7-8-24(17)23(12,4)10-14-16(29)9-13-15(19(14)32-24)11-26-20(13)30/h12-17,19,29H,5-11H2,1-4H3,(H,26,30)(H3,25,28,31). The Morgan fingerprint density at radius 1 is 1.28 bits per heavy atom. The van der Waals surface area contributed by atoms with E-state index in [9.17, 15) is 14.7 Å². The van der Waals surface area contributed by atoms with Gasteiger partial charge in [-0.2, -0.15) is 5.10 Å². The van der Waals surface area contributed by atoms with Crippen LogP contribution < -0.4 is 16.5 Å². The highest BCUT2D eigenvalue weighted by molar-refractivity contribution is 5.92. The average Bonchev–Trinajstić information content (AvgIpc) is 3.08. The van der Waals surface area contributed by atoms with Crippen molar-refractivity contribution in [1.29, 1.82) is 0 Å². The fourth-order valence-electron chi connectivity index (χ4n) is 8.43. The average molecular weight is 447 g/mol. The summed E-state index contributed by atoms with van der Waals surface area (Å²) in [5, 5.41) is 18.5. The van der Waals surface area contributed by atoms with E-state index in [2.05, 4.69) is 43.5 Å². The fourth-order valence-corrected chi connectivity index (χ4v) is 8.43. The summed E-state index contributed by atoms with van der Waals surface area (Å²) >= 11 is 0. The van der Waals surface area contributed by atoms with E-state index in [1.807, 2.05) is 0 Å². The first-order chi connectivity index (χ1) is 15.0.